The highest BCUT2D eigenvalue weighted by molar-refractivity contribution is 7.90. The minimum atomic E-state index is -3.95. The van der Waals surface area contributed by atoms with Gasteiger partial charge in [-0.2, -0.15) is 0 Å². The van der Waals surface area contributed by atoms with Gasteiger partial charge in [-0.25, -0.2) is 17.9 Å². The molecule has 0 aliphatic heterocycles. The SMILES string of the molecule is C=C(C(=O)NO)c1cc2ccccc2n1S(=O)(=O)c1ccccc1. The third-order valence-electron chi connectivity index (χ3n) is 3.63. The van der Waals surface area contributed by atoms with Crippen molar-refractivity contribution in [1.82, 2.24) is 9.45 Å². The fourth-order valence-electron chi connectivity index (χ4n) is 2.48. The van der Waals surface area contributed by atoms with E-state index in [9.17, 15) is 13.2 Å². The lowest BCUT2D eigenvalue weighted by Gasteiger charge is -2.12. The van der Waals surface area contributed by atoms with E-state index in [1.165, 1.54) is 17.6 Å². The molecule has 0 aliphatic carbocycles. The van der Waals surface area contributed by atoms with Crippen molar-refractivity contribution in [3.8, 4) is 0 Å². The molecule has 0 atom stereocenters. The van der Waals surface area contributed by atoms with Crippen LogP contribution < -0.4 is 5.48 Å². The summed E-state index contributed by atoms with van der Waals surface area (Å²) in [5.74, 6) is -0.873. The molecule has 1 aromatic heterocycles. The van der Waals surface area contributed by atoms with Gasteiger partial charge in [-0.15, -0.1) is 0 Å². The molecule has 0 radical (unpaired) electrons. The number of para-hydroxylation sites is 1. The first-order valence-electron chi connectivity index (χ1n) is 7.01. The number of hydrogen-bond donors (Lipinski definition) is 2. The molecule has 0 bridgehead atoms. The van der Waals surface area contributed by atoms with E-state index in [-0.39, 0.29) is 16.2 Å². The lowest BCUT2D eigenvalue weighted by atomic mass is 10.2. The average molecular weight is 342 g/mol. The van der Waals surface area contributed by atoms with E-state index in [1.54, 1.807) is 48.5 Å². The average Bonchev–Trinajstić information content (AvgIpc) is 3.01. The van der Waals surface area contributed by atoms with Gasteiger partial charge in [0.1, 0.15) is 0 Å². The number of amides is 1. The van der Waals surface area contributed by atoms with Crippen molar-refractivity contribution in [3.05, 3.63) is 72.9 Å². The van der Waals surface area contributed by atoms with E-state index < -0.39 is 15.9 Å². The van der Waals surface area contributed by atoms with Crippen molar-refractivity contribution in [2.24, 2.45) is 0 Å². The maximum absolute atomic E-state index is 13.1. The number of rotatable bonds is 4. The Morgan fingerprint density at radius 2 is 1.67 bits per heavy atom. The van der Waals surface area contributed by atoms with Crippen molar-refractivity contribution >= 4 is 32.4 Å². The zero-order valence-electron chi connectivity index (χ0n) is 12.5. The molecule has 1 amide bonds. The van der Waals surface area contributed by atoms with Crippen LogP contribution in [-0.2, 0) is 14.8 Å². The molecule has 6 nitrogen and oxygen atoms in total. The predicted molar refractivity (Wildman–Crippen MR) is 89.9 cm³/mol. The largest absolute Gasteiger partial charge is 0.288 e. The first-order chi connectivity index (χ1) is 11.5. The summed E-state index contributed by atoms with van der Waals surface area (Å²) in [6.45, 7) is 3.60. The van der Waals surface area contributed by atoms with Gasteiger partial charge in [0.2, 0.25) is 0 Å². The summed E-state index contributed by atoms with van der Waals surface area (Å²) in [6.07, 6.45) is 0. The number of nitrogens with one attached hydrogen (secondary N) is 1. The summed E-state index contributed by atoms with van der Waals surface area (Å²) >= 11 is 0. The Labute approximate surface area is 138 Å². The molecule has 122 valence electrons. The van der Waals surface area contributed by atoms with Gasteiger partial charge in [-0.1, -0.05) is 43.0 Å². The van der Waals surface area contributed by atoms with Crippen LogP contribution in [0.25, 0.3) is 16.5 Å². The fourth-order valence-corrected chi connectivity index (χ4v) is 4.04. The van der Waals surface area contributed by atoms with Crippen LogP contribution in [0, 0.1) is 0 Å². The Kier molecular flexibility index (Phi) is 3.96. The Balaban J connectivity index is 2.34. The Morgan fingerprint density at radius 1 is 1.04 bits per heavy atom. The van der Waals surface area contributed by atoms with Crippen LogP contribution in [0.15, 0.2) is 72.1 Å². The van der Waals surface area contributed by atoms with Crippen LogP contribution in [-0.4, -0.2) is 23.5 Å². The summed E-state index contributed by atoms with van der Waals surface area (Å²) in [5, 5.41) is 9.47. The molecule has 0 unspecified atom stereocenters. The van der Waals surface area contributed by atoms with Crippen molar-refractivity contribution in [1.29, 1.82) is 0 Å². The second kappa shape index (κ2) is 5.95. The second-order valence-corrected chi connectivity index (χ2v) is 6.88. The van der Waals surface area contributed by atoms with Crippen LogP contribution >= 0.6 is 0 Å². The number of fused-ring (bicyclic) bond motifs is 1. The van der Waals surface area contributed by atoms with Gasteiger partial charge in [0.05, 0.1) is 21.7 Å². The van der Waals surface area contributed by atoms with Crippen LogP contribution in [0.1, 0.15) is 5.69 Å². The molecule has 0 spiro atoms. The predicted octanol–water partition coefficient (Wildman–Crippen LogP) is 2.40. The maximum atomic E-state index is 13.1. The molecule has 0 saturated carbocycles. The standard InChI is InChI=1S/C17H14N2O4S/c1-12(17(20)18-21)16-11-13-7-5-6-10-15(13)19(16)24(22,23)14-8-3-2-4-9-14/h2-11,21H,1H2,(H,18,20). The number of hydroxylamine groups is 1. The molecule has 3 rings (SSSR count). The summed E-state index contributed by atoms with van der Waals surface area (Å²) in [5.41, 5.74) is 1.83. The van der Waals surface area contributed by atoms with Gasteiger partial charge in [-0.05, 0) is 24.3 Å². The molecular formula is C17H14N2O4S. The summed E-state index contributed by atoms with van der Waals surface area (Å²) in [4.78, 5) is 11.8. The van der Waals surface area contributed by atoms with Gasteiger partial charge in [-0.3, -0.25) is 10.0 Å². The number of aromatic nitrogens is 1. The van der Waals surface area contributed by atoms with E-state index in [0.717, 1.165) is 3.97 Å². The van der Waals surface area contributed by atoms with Crippen molar-refractivity contribution in [2.45, 2.75) is 4.90 Å². The number of carbonyl (C=O) groups excluding carboxylic acids is 1. The second-order valence-electron chi connectivity index (χ2n) is 5.09. The zero-order chi connectivity index (χ0) is 17.3. The van der Waals surface area contributed by atoms with Gasteiger partial charge in [0, 0.05) is 5.39 Å². The molecular weight excluding hydrogens is 328 g/mol. The van der Waals surface area contributed by atoms with E-state index >= 15 is 0 Å². The van der Waals surface area contributed by atoms with E-state index in [4.69, 9.17) is 5.21 Å². The lowest BCUT2D eigenvalue weighted by molar-refractivity contribution is -0.123. The normalized spacial score (nSPS) is 11.4. The monoisotopic (exact) mass is 342 g/mol. The molecule has 24 heavy (non-hydrogen) atoms. The zero-order valence-corrected chi connectivity index (χ0v) is 13.3. The quantitative estimate of drug-likeness (QED) is 0.433. The van der Waals surface area contributed by atoms with E-state index in [1.807, 2.05) is 0 Å². The molecule has 2 N–H and O–H groups in total. The maximum Gasteiger partial charge on any atom is 0.276 e. The number of benzene rings is 2. The molecule has 3 aromatic rings. The fraction of sp³-hybridized carbons (Fsp3) is 0. The Morgan fingerprint density at radius 3 is 2.33 bits per heavy atom. The third kappa shape index (κ3) is 2.49. The van der Waals surface area contributed by atoms with E-state index in [2.05, 4.69) is 6.58 Å². The summed E-state index contributed by atoms with van der Waals surface area (Å²) in [7, 11) is -3.95. The number of hydrogen-bond acceptors (Lipinski definition) is 4. The highest BCUT2D eigenvalue weighted by Gasteiger charge is 2.25. The van der Waals surface area contributed by atoms with Gasteiger partial charge < -0.3 is 0 Å². The Bertz CT molecular complexity index is 1040. The van der Waals surface area contributed by atoms with Crippen LogP contribution in [0.3, 0.4) is 0 Å². The van der Waals surface area contributed by atoms with Crippen LogP contribution in [0.5, 0.6) is 0 Å². The molecule has 0 fully saturated rings. The first kappa shape index (κ1) is 16.0. The minimum Gasteiger partial charge on any atom is -0.288 e. The third-order valence-corrected chi connectivity index (χ3v) is 5.37. The van der Waals surface area contributed by atoms with E-state index in [0.29, 0.717) is 10.9 Å². The highest BCUT2D eigenvalue weighted by atomic mass is 32.2. The molecule has 2 aromatic carbocycles. The van der Waals surface area contributed by atoms with Gasteiger partial charge in [0.25, 0.3) is 15.9 Å². The topological polar surface area (TPSA) is 88.4 Å². The minimum absolute atomic E-state index is 0.0878. The van der Waals surface area contributed by atoms with Crippen molar-refractivity contribution in [3.63, 3.8) is 0 Å². The summed E-state index contributed by atoms with van der Waals surface area (Å²) < 4.78 is 27.2. The smallest absolute Gasteiger partial charge is 0.276 e. The lowest BCUT2D eigenvalue weighted by Crippen LogP contribution is -2.23. The van der Waals surface area contributed by atoms with Crippen LogP contribution in [0.4, 0.5) is 0 Å². The van der Waals surface area contributed by atoms with Crippen LogP contribution in [0.2, 0.25) is 0 Å². The van der Waals surface area contributed by atoms with Crippen molar-refractivity contribution in [2.75, 3.05) is 0 Å². The molecule has 0 saturated heterocycles. The molecule has 0 aliphatic rings. The number of carbonyl (C=O) groups is 1. The molecule has 1 heterocycles. The molecule has 7 heteroatoms. The van der Waals surface area contributed by atoms with Gasteiger partial charge >= 0.3 is 0 Å². The number of nitrogens with zero attached hydrogens (tertiary/aromatic N) is 1. The Hall–Kier alpha value is -2.90. The van der Waals surface area contributed by atoms with Crippen molar-refractivity contribution < 1.29 is 18.4 Å². The summed E-state index contributed by atoms with van der Waals surface area (Å²) in [6, 6.07) is 16.3. The highest BCUT2D eigenvalue weighted by Crippen LogP contribution is 2.29. The van der Waals surface area contributed by atoms with Gasteiger partial charge in [0.15, 0.2) is 0 Å². The first-order valence-corrected chi connectivity index (χ1v) is 8.45.